The standard InChI is InChI=1S/C8H5ClO4/c9-7-4-2-5(13-7)1-3-6(10)8(11)12/h1-4H,(H,11,12)/b3-1+. The summed E-state index contributed by atoms with van der Waals surface area (Å²) in [7, 11) is 0. The van der Waals surface area contributed by atoms with Crippen LogP contribution in [0.1, 0.15) is 5.76 Å². The predicted molar refractivity (Wildman–Crippen MR) is 45.4 cm³/mol. The van der Waals surface area contributed by atoms with E-state index in [4.69, 9.17) is 21.1 Å². The first-order valence-corrected chi connectivity index (χ1v) is 3.68. The second-order valence-corrected chi connectivity index (χ2v) is 2.52. The number of carboxylic acid groups (broad SMARTS) is 1. The van der Waals surface area contributed by atoms with Gasteiger partial charge in [0.2, 0.25) is 0 Å². The van der Waals surface area contributed by atoms with Crippen LogP contribution in [-0.2, 0) is 9.59 Å². The molecule has 0 fully saturated rings. The molecule has 0 aliphatic carbocycles. The van der Waals surface area contributed by atoms with Gasteiger partial charge in [0.25, 0.3) is 5.78 Å². The molecule has 68 valence electrons. The maximum absolute atomic E-state index is 10.6. The van der Waals surface area contributed by atoms with E-state index in [0.717, 1.165) is 6.08 Å². The molecular formula is C8H5ClO4. The first kappa shape index (κ1) is 9.54. The van der Waals surface area contributed by atoms with Gasteiger partial charge >= 0.3 is 5.97 Å². The summed E-state index contributed by atoms with van der Waals surface area (Å²) in [6.07, 6.45) is 2.14. The summed E-state index contributed by atoms with van der Waals surface area (Å²) in [5.74, 6) is -2.18. The quantitative estimate of drug-likeness (QED) is 0.595. The zero-order valence-electron chi connectivity index (χ0n) is 6.36. The van der Waals surface area contributed by atoms with Crippen molar-refractivity contribution in [3.05, 3.63) is 29.2 Å². The largest absolute Gasteiger partial charge is 0.475 e. The van der Waals surface area contributed by atoms with Gasteiger partial charge in [-0.3, -0.25) is 4.79 Å². The highest BCUT2D eigenvalue weighted by atomic mass is 35.5. The zero-order chi connectivity index (χ0) is 9.84. The Bertz CT molecular complexity index is 364. The molecule has 0 bridgehead atoms. The Hall–Kier alpha value is -1.55. The van der Waals surface area contributed by atoms with E-state index in [2.05, 4.69) is 0 Å². The summed E-state index contributed by atoms with van der Waals surface area (Å²) >= 11 is 5.44. The van der Waals surface area contributed by atoms with Crippen LogP contribution in [0.3, 0.4) is 0 Å². The smallest absolute Gasteiger partial charge is 0.376 e. The van der Waals surface area contributed by atoms with Gasteiger partial charge in [-0.1, -0.05) is 0 Å². The number of aliphatic carboxylic acids is 1. The normalized spacial score (nSPS) is 10.5. The molecule has 1 rings (SSSR count). The van der Waals surface area contributed by atoms with Crippen molar-refractivity contribution in [2.45, 2.75) is 0 Å². The minimum absolute atomic E-state index is 0.183. The highest BCUT2D eigenvalue weighted by molar-refractivity contribution is 6.38. The molecular weight excluding hydrogens is 196 g/mol. The zero-order valence-corrected chi connectivity index (χ0v) is 7.12. The lowest BCUT2D eigenvalue weighted by Gasteiger charge is -1.83. The highest BCUT2D eigenvalue weighted by Gasteiger charge is 2.06. The fourth-order valence-corrected chi connectivity index (χ4v) is 0.799. The van der Waals surface area contributed by atoms with E-state index in [1.807, 2.05) is 0 Å². The van der Waals surface area contributed by atoms with E-state index in [1.54, 1.807) is 0 Å². The number of carbonyl (C=O) groups is 2. The van der Waals surface area contributed by atoms with Crippen molar-refractivity contribution in [1.82, 2.24) is 0 Å². The number of carbonyl (C=O) groups excluding carboxylic acids is 1. The lowest BCUT2D eigenvalue weighted by molar-refractivity contribution is -0.146. The molecule has 0 aromatic carbocycles. The van der Waals surface area contributed by atoms with Crippen LogP contribution < -0.4 is 0 Å². The van der Waals surface area contributed by atoms with Crippen LogP contribution >= 0.6 is 11.6 Å². The second kappa shape index (κ2) is 3.91. The SMILES string of the molecule is O=C(O)C(=O)/C=C/c1ccc(Cl)o1. The highest BCUT2D eigenvalue weighted by Crippen LogP contribution is 2.13. The third-order valence-corrected chi connectivity index (χ3v) is 1.41. The number of rotatable bonds is 3. The van der Waals surface area contributed by atoms with Crippen molar-refractivity contribution >= 4 is 29.4 Å². The Kier molecular flexibility index (Phi) is 2.87. The van der Waals surface area contributed by atoms with Crippen LogP contribution in [-0.4, -0.2) is 16.9 Å². The van der Waals surface area contributed by atoms with E-state index >= 15 is 0 Å². The van der Waals surface area contributed by atoms with E-state index in [1.165, 1.54) is 18.2 Å². The van der Waals surface area contributed by atoms with Gasteiger partial charge in [-0.15, -0.1) is 0 Å². The van der Waals surface area contributed by atoms with Crippen molar-refractivity contribution in [2.75, 3.05) is 0 Å². The Morgan fingerprint density at radius 1 is 1.46 bits per heavy atom. The molecule has 5 heteroatoms. The fourth-order valence-electron chi connectivity index (χ4n) is 0.647. The molecule has 1 N–H and O–H groups in total. The van der Waals surface area contributed by atoms with Gasteiger partial charge in [0.15, 0.2) is 5.22 Å². The van der Waals surface area contributed by atoms with Gasteiger partial charge in [0.1, 0.15) is 5.76 Å². The summed E-state index contributed by atoms with van der Waals surface area (Å²) in [5.41, 5.74) is 0. The Balaban J connectivity index is 2.69. The van der Waals surface area contributed by atoms with Gasteiger partial charge in [0, 0.05) is 0 Å². The van der Waals surface area contributed by atoms with E-state index < -0.39 is 11.8 Å². The Morgan fingerprint density at radius 2 is 2.15 bits per heavy atom. The summed E-state index contributed by atoms with van der Waals surface area (Å²) < 4.78 is 4.85. The van der Waals surface area contributed by atoms with Crippen LogP contribution in [0.4, 0.5) is 0 Å². The lowest BCUT2D eigenvalue weighted by atomic mass is 10.3. The molecule has 0 aliphatic heterocycles. The minimum atomic E-state index is -1.51. The average molecular weight is 201 g/mol. The van der Waals surface area contributed by atoms with Crippen LogP contribution in [0.5, 0.6) is 0 Å². The Morgan fingerprint density at radius 3 is 2.62 bits per heavy atom. The van der Waals surface area contributed by atoms with E-state index in [-0.39, 0.29) is 5.22 Å². The number of ketones is 1. The molecule has 0 aliphatic rings. The van der Waals surface area contributed by atoms with E-state index in [9.17, 15) is 9.59 Å². The second-order valence-electron chi connectivity index (χ2n) is 2.14. The monoisotopic (exact) mass is 200 g/mol. The lowest BCUT2D eigenvalue weighted by Crippen LogP contribution is -2.08. The van der Waals surface area contributed by atoms with Gasteiger partial charge < -0.3 is 9.52 Å². The minimum Gasteiger partial charge on any atom is -0.475 e. The maximum Gasteiger partial charge on any atom is 0.376 e. The van der Waals surface area contributed by atoms with Gasteiger partial charge in [-0.2, -0.15) is 0 Å². The van der Waals surface area contributed by atoms with Crippen molar-refractivity contribution in [3.8, 4) is 0 Å². The molecule has 0 saturated carbocycles. The molecule has 0 atom stereocenters. The number of hydrogen-bond donors (Lipinski definition) is 1. The molecule has 0 saturated heterocycles. The molecule has 1 heterocycles. The summed E-state index contributed by atoms with van der Waals surface area (Å²) in [5, 5.41) is 8.39. The summed E-state index contributed by atoms with van der Waals surface area (Å²) in [6.45, 7) is 0. The van der Waals surface area contributed by atoms with Crippen molar-refractivity contribution in [2.24, 2.45) is 0 Å². The van der Waals surface area contributed by atoms with Crippen LogP contribution in [0.15, 0.2) is 22.6 Å². The fraction of sp³-hybridized carbons (Fsp3) is 0. The van der Waals surface area contributed by atoms with Gasteiger partial charge in [-0.25, -0.2) is 4.79 Å². The summed E-state index contributed by atoms with van der Waals surface area (Å²) in [4.78, 5) is 20.6. The van der Waals surface area contributed by atoms with Crippen LogP contribution in [0, 0.1) is 0 Å². The van der Waals surface area contributed by atoms with Crippen molar-refractivity contribution in [3.63, 3.8) is 0 Å². The van der Waals surface area contributed by atoms with Crippen LogP contribution in [0.2, 0.25) is 5.22 Å². The summed E-state index contributed by atoms with van der Waals surface area (Å²) in [6, 6.07) is 3.01. The number of furan rings is 1. The first-order chi connectivity index (χ1) is 6.09. The van der Waals surface area contributed by atoms with Gasteiger partial charge in [-0.05, 0) is 35.9 Å². The predicted octanol–water partition coefficient (Wildman–Crippen LogP) is 1.60. The molecule has 4 nitrogen and oxygen atoms in total. The first-order valence-electron chi connectivity index (χ1n) is 3.30. The Labute approximate surface area is 78.4 Å². The third-order valence-electron chi connectivity index (χ3n) is 1.20. The van der Waals surface area contributed by atoms with Crippen LogP contribution in [0.25, 0.3) is 6.08 Å². The average Bonchev–Trinajstić information content (AvgIpc) is 2.47. The molecule has 13 heavy (non-hydrogen) atoms. The number of halogens is 1. The van der Waals surface area contributed by atoms with Gasteiger partial charge in [0.05, 0.1) is 0 Å². The van der Waals surface area contributed by atoms with Crippen molar-refractivity contribution in [1.29, 1.82) is 0 Å². The van der Waals surface area contributed by atoms with E-state index in [0.29, 0.717) is 5.76 Å². The molecule has 0 radical (unpaired) electrons. The molecule has 0 spiro atoms. The maximum atomic E-state index is 10.6. The number of carboxylic acids is 1. The topological polar surface area (TPSA) is 67.5 Å². The van der Waals surface area contributed by atoms with Crippen molar-refractivity contribution < 1.29 is 19.1 Å². The molecule has 1 aromatic rings. The molecule has 0 unspecified atom stereocenters. The molecule has 1 aromatic heterocycles. The molecule has 0 amide bonds. The number of hydrogen-bond acceptors (Lipinski definition) is 3. The third kappa shape index (κ3) is 2.76.